The third-order valence-corrected chi connectivity index (χ3v) is 5.71. The summed E-state index contributed by atoms with van der Waals surface area (Å²) >= 11 is 0. The van der Waals surface area contributed by atoms with Crippen molar-refractivity contribution < 1.29 is 14.7 Å². The summed E-state index contributed by atoms with van der Waals surface area (Å²) in [5.41, 5.74) is 2.89. The summed E-state index contributed by atoms with van der Waals surface area (Å²) in [7, 11) is 0. The fraction of sp³-hybridized carbons (Fsp3) is 0.476. The van der Waals surface area contributed by atoms with Gasteiger partial charge in [0.15, 0.2) is 0 Å². The number of carbonyl (C=O) groups excluding carboxylic acids is 1. The van der Waals surface area contributed by atoms with Crippen LogP contribution < -0.4 is 5.32 Å². The summed E-state index contributed by atoms with van der Waals surface area (Å²) in [6.45, 7) is 5.71. The van der Waals surface area contributed by atoms with Crippen LogP contribution in [0.1, 0.15) is 49.6 Å². The third-order valence-electron chi connectivity index (χ3n) is 5.71. The molecule has 2 N–H and O–H groups in total. The van der Waals surface area contributed by atoms with E-state index >= 15 is 0 Å². The van der Waals surface area contributed by atoms with E-state index in [4.69, 9.17) is 0 Å². The van der Waals surface area contributed by atoms with Gasteiger partial charge in [0.2, 0.25) is 5.91 Å². The van der Waals surface area contributed by atoms with Gasteiger partial charge in [0.1, 0.15) is 0 Å². The van der Waals surface area contributed by atoms with Crippen LogP contribution in [-0.2, 0) is 16.0 Å². The van der Waals surface area contributed by atoms with E-state index in [1.807, 2.05) is 55.8 Å². The Bertz CT molecular complexity index is 844. The minimum Gasteiger partial charge on any atom is -0.481 e. The van der Waals surface area contributed by atoms with Gasteiger partial charge in [-0.25, -0.2) is 4.68 Å². The smallest absolute Gasteiger partial charge is 0.308 e. The lowest BCUT2D eigenvalue weighted by atomic mass is 9.74. The van der Waals surface area contributed by atoms with E-state index in [2.05, 4.69) is 10.4 Å². The van der Waals surface area contributed by atoms with Crippen LogP contribution in [0.2, 0.25) is 0 Å². The number of carboxylic acids is 1. The molecule has 0 aliphatic heterocycles. The minimum atomic E-state index is -0.832. The molecule has 1 heterocycles. The summed E-state index contributed by atoms with van der Waals surface area (Å²) < 4.78 is 1.85. The second-order valence-electron chi connectivity index (χ2n) is 7.68. The van der Waals surface area contributed by atoms with Gasteiger partial charge in [0.05, 0.1) is 29.3 Å². The number of benzene rings is 1. The minimum absolute atomic E-state index is 0.149. The fourth-order valence-electron chi connectivity index (χ4n) is 4.15. The standard InChI is InChI=1S/C21H27N3O3/c1-14-17(15(2)24(23-14)16-9-5-4-6-10-16)13-19(25)22-21(3)12-8-7-11-18(21)20(26)27/h4-6,9-10,18H,7-8,11-13H2,1-3H3,(H,22,25)(H,26,27). The Morgan fingerprint density at radius 2 is 1.96 bits per heavy atom. The molecule has 6 nitrogen and oxygen atoms in total. The van der Waals surface area contributed by atoms with E-state index in [0.29, 0.717) is 12.8 Å². The maximum atomic E-state index is 12.8. The number of aromatic nitrogens is 2. The Hall–Kier alpha value is -2.63. The van der Waals surface area contributed by atoms with E-state index in [0.717, 1.165) is 35.5 Å². The molecule has 1 aliphatic carbocycles. The summed E-state index contributed by atoms with van der Waals surface area (Å²) in [4.78, 5) is 24.4. The van der Waals surface area contributed by atoms with Crippen molar-refractivity contribution in [3.63, 3.8) is 0 Å². The highest BCUT2D eigenvalue weighted by Gasteiger charge is 2.42. The Balaban J connectivity index is 1.78. The van der Waals surface area contributed by atoms with Gasteiger partial charge in [0.25, 0.3) is 0 Å². The fourth-order valence-corrected chi connectivity index (χ4v) is 4.15. The van der Waals surface area contributed by atoms with Crippen LogP contribution in [0, 0.1) is 19.8 Å². The molecule has 0 spiro atoms. The van der Waals surface area contributed by atoms with Crippen molar-refractivity contribution in [1.82, 2.24) is 15.1 Å². The van der Waals surface area contributed by atoms with Crippen LogP contribution >= 0.6 is 0 Å². The highest BCUT2D eigenvalue weighted by molar-refractivity contribution is 5.81. The number of hydrogen-bond donors (Lipinski definition) is 2. The van der Waals surface area contributed by atoms with Crippen molar-refractivity contribution in [3.05, 3.63) is 47.3 Å². The number of para-hydroxylation sites is 1. The molecule has 1 amide bonds. The average molecular weight is 369 g/mol. The van der Waals surface area contributed by atoms with Gasteiger partial charge in [-0.1, -0.05) is 31.0 Å². The van der Waals surface area contributed by atoms with Crippen LogP contribution in [0.4, 0.5) is 0 Å². The molecule has 6 heteroatoms. The van der Waals surface area contributed by atoms with Gasteiger partial charge >= 0.3 is 5.97 Å². The first-order valence-electron chi connectivity index (χ1n) is 9.46. The molecule has 2 atom stereocenters. The molecule has 1 aromatic carbocycles. The van der Waals surface area contributed by atoms with Crippen LogP contribution in [0.15, 0.2) is 30.3 Å². The second kappa shape index (κ2) is 7.55. The molecule has 0 saturated heterocycles. The molecule has 0 bridgehead atoms. The van der Waals surface area contributed by atoms with Gasteiger partial charge in [-0.15, -0.1) is 0 Å². The van der Waals surface area contributed by atoms with Crippen molar-refractivity contribution in [1.29, 1.82) is 0 Å². The van der Waals surface area contributed by atoms with Crippen molar-refractivity contribution in [2.75, 3.05) is 0 Å². The van der Waals surface area contributed by atoms with Gasteiger partial charge in [-0.2, -0.15) is 5.10 Å². The van der Waals surface area contributed by atoms with E-state index < -0.39 is 17.4 Å². The Morgan fingerprint density at radius 1 is 1.26 bits per heavy atom. The van der Waals surface area contributed by atoms with Crippen molar-refractivity contribution >= 4 is 11.9 Å². The van der Waals surface area contributed by atoms with Crippen LogP contribution in [0.25, 0.3) is 5.69 Å². The Kier molecular flexibility index (Phi) is 5.35. The van der Waals surface area contributed by atoms with E-state index in [1.165, 1.54) is 0 Å². The number of nitrogens with one attached hydrogen (secondary N) is 1. The molecule has 2 unspecified atom stereocenters. The van der Waals surface area contributed by atoms with E-state index in [1.54, 1.807) is 0 Å². The first-order chi connectivity index (χ1) is 12.8. The maximum absolute atomic E-state index is 12.8. The number of carbonyl (C=O) groups is 2. The van der Waals surface area contributed by atoms with Crippen LogP contribution in [0.3, 0.4) is 0 Å². The first-order valence-corrected chi connectivity index (χ1v) is 9.46. The van der Waals surface area contributed by atoms with Crippen molar-refractivity contribution in [2.24, 2.45) is 5.92 Å². The number of nitrogens with zero attached hydrogens (tertiary/aromatic N) is 2. The molecule has 1 saturated carbocycles. The zero-order chi connectivity index (χ0) is 19.6. The predicted molar refractivity (Wildman–Crippen MR) is 103 cm³/mol. The molecular formula is C21H27N3O3. The first kappa shape index (κ1) is 19.1. The largest absolute Gasteiger partial charge is 0.481 e. The lowest BCUT2D eigenvalue weighted by Gasteiger charge is -2.39. The molecule has 3 rings (SSSR count). The summed E-state index contributed by atoms with van der Waals surface area (Å²) in [6, 6.07) is 9.81. The summed E-state index contributed by atoms with van der Waals surface area (Å²) in [5.74, 6) is -1.52. The monoisotopic (exact) mass is 369 g/mol. The number of aryl methyl sites for hydroxylation is 1. The van der Waals surface area contributed by atoms with E-state index in [-0.39, 0.29) is 12.3 Å². The lowest BCUT2D eigenvalue weighted by Crippen LogP contribution is -2.55. The quantitative estimate of drug-likeness (QED) is 0.848. The number of aliphatic carboxylic acids is 1. The molecular weight excluding hydrogens is 342 g/mol. The van der Waals surface area contributed by atoms with Gasteiger partial charge in [0, 0.05) is 11.3 Å². The average Bonchev–Trinajstić information content (AvgIpc) is 2.90. The van der Waals surface area contributed by atoms with Crippen molar-refractivity contribution in [2.45, 2.75) is 58.4 Å². The normalized spacial score (nSPS) is 22.4. The molecule has 1 fully saturated rings. The summed E-state index contributed by atoms with van der Waals surface area (Å²) in [5, 5.41) is 17.1. The van der Waals surface area contributed by atoms with Crippen molar-refractivity contribution in [3.8, 4) is 5.69 Å². The molecule has 144 valence electrons. The topological polar surface area (TPSA) is 84.2 Å². The number of rotatable bonds is 5. The van der Waals surface area contributed by atoms with Crippen LogP contribution in [-0.4, -0.2) is 32.3 Å². The summed E-state index contributed by atoms with van der Waals surface area (Å²) in [6.07, 6.45) is 3.33. The Morgan fingerprint density at radius 3 is 2.63 bits per heavy atom. The maximum Gasteiger partial charge on any atom is 0.308 e. The molecule has 1 aliphatic rings. The second-order valence-corrected chi connectivity index (χ2v) is 7.68. The van der Waals surface area contributed by atoms with Gasteiger partial charge in [-0.05, 0) is 45.7 Å². The predicted octanol–water partition coefficient (Wildman–Crippen LogP) is 3.18. The highest BCUT2D eigenvalue weighted by Crippen LogP contribution is 2.34. The molecule has 2 aromatic rings. The number of carboxylic acid groups (broad SMARTS) is 1. The Labute approximate surface area is 159 Å². The SMILES string of the molecule is Cc1nn(-c2ccccc2)c(C)c1CC(=O)NC1(C)CCCCC1C(=O)O. The number of hydrogen-bond acceptors (Lipinski definition) is 3. The molecule has 27 heavy (non-hydrogen) atoms. The highest BCUT2D eigenvalue weighted by atomic mass is 16.4. The number of amides is 1. The molecule has 0 radical (unpaired) electrons. The van der Waals surface area contributed by atoms with Crippen LogP contribution in [0.5, 0.6) is 0 Å². The molecule has 1 aromatic heterocycles. The van der Waals surface area contributed by atoms with Gasteiger partial charge in [-0.3, -0.25) is 9.59 Å². The van der Waals surface area contributed by atoms with E-state index in [9.17, 15) is 14.7 Å². The van der Waals surface area contributed by atoms with Gasteiger partial charge < -0.3 is 10.4 Å². The lowest BCUT2D eigenvalue weighted by molar-refractivity contribution is -0.146. The zero-order valence-corrected chi connectivity index (χ0v) is 16.2. The third kappa shape index (κ3) is 3.89. The zero-order valence-electron chi connectivity index (χ0n) is 16.2.